The summed E-state index contributed by atoms with van der Waals surface area (Å²) in [5, 5.41) is 0. The van der Waals surface area contributed by atoms with E-state index in [0.29, 0.717) is 23.4 Å². The Morgan fingerprint density at radius 3 is 2.63 bits per heavy atom. The molecule has 1 aromatic rings. The van der Waals surface area contributed by atoms with Gasteiger partial charge in [-0.1, -0.05) is 0 Å². The third kappa shape index (κ3) is 4.50. The molecule has 104 valence electrons. The first-order valence-electron chi connectivity index (χ1n) is 5.76. The van der Waals surface area contributed by atoms with Crippen LogP contribution >= 0.6 is 0 Å². The minimum absolute atomic E-state index is 0.153. The first-order chi connectivity index (χ1) is 9.08. The summed E-state index contributed by atoms with van der Waals surface area (Å²) in [7, 11) is 2.78. The van der Waals surface area contributed by atoms with Crippen LogP contribution in [0.2, 0.25) is 0 Å². The standard InChI is InChI=1S/C13H17NO5/c1-17-11-8-9(5-6-10(11)14)13(16)19-7-3-4-12(15)18-2/h5-6,8H,3-4,7,14H2,1-2H3. The number of carbonyl (C=O) groups is 2. The van der Waals surface area contributed by atoms with Crippen LogP contribution in [0.25, 0.3) is 0 Å². The monoisotopic (exact) mass is 267 g/mol. The number of nitrogen functional groups attached to an aromatic ring is 1. The number of hydrogen-bond acceptors (Lipinski definition) is 6. The highest BCUT2D eigenvalue weighted by molar-refractivity contribution is 5.90. The summed E-state index contributed by atoms with van der Waals surface area (Å²) >= 11 is 0. The zero-order chi connectivity index (χ0) is 14.3. The fourth-order valence-corrected chi connectivity index (χ4v) is 1.40. The molecule has 0 saturated carbocycles. The van der Waals surface area contributed by atoms with Gasteiger partial charge >= 0.3 is 11.9 Å². The number of esters is 2. The molecule has 0 aromatic heterocycles. The molecule has 1 rings (SSSR count). The molecule has 0 amide bonds. The number of benzene rings is 1. The van der Waals surface area contributed by atoms with Gasteiger partial charge in [0.2, 0.25) is 0 Å². The molecule has 2 N–H and O–H groups in total. The number of methoxy groups -OCH3 is 2. The highest BCUT2D eigenvalue weighted by atomic mass is 16.5. The van der Waals surface area contributed by atoms with Crippen LogP contribution in [0.3, 0.4) is 0 Å². The maximum atomic E-state index is 11.7. The zero-order valence-corrected chi connectivity index (χ0v) is 11.0. The van der Waals surface area contributed by atoms with E-state index in [-0.39, 0.29) is 19.0 Å². The average molecular weight is 267 g/mol. The van der Waals surface area contributed by atoms with Crippen LogP contribution < -0.4 is 10.5 Å². The summed E-state index contributed by atoms with van der Waals surface area (Å²) in [6.45, 7) is 0.153. The van der Waals surface area contributed by atoms with Gasteiger partial charge in [-0.05, 0) is 24.6 Å². The lowest BCUT2D eigenvalue weighted by molar-refractivity contribution is -0.140. The number of nitrogens with two attached hydrogens (primary N) is 1. The minimum atomic E-state index is -0.483. The van der Waals surface area contributed by atoms with Crippen molar-refractivity contribution in [1.29, 1.82) is 0 Å². The van der Waals surface area contributed by atoms with Crippen molar-refractivity contribution in [2.45, 2.75) is 12.8 Å². The van der Waals surface area contributed by atoms with E-state index < -0.39 is 5.97 Å². The third-order valence-electron chi connectivity index (χ3n) is 2.46. The van der Waals surface area contributed by atoms with Gasteiger partial charge in [0.1, 0.15) is 5.75 Å². The molecule has 0 spiro atoms. The second kappa shape index (κ2) is 7.25. The van der Waals surface area contributed by atoms with Crippen molar-refractivity contribution < 1.29 is 23.8 Å². The average Bonchev–Trinajstić information content (AvgIpc) is 2.43. The molecule has 1 aromatic carbocycles. The summed E-state index contributed by atoms with van der Waals surface area (Å²) in [6, 6.07) is 4.64. The van der Waals surface area contributed by atoms with Crippen LogP contribution in [0.15, 0.2) is 18.2 Å². The Hall–Kier alpha value is -2.24. The lowest BCUT2D eigenvalue weighted by atomic mass is 10.2. The van der Waals surface area contributed by atoms with Crippen molar-refractivity contribution in [1.82, 2.24) is 0 Å². The molecule has 6 heteroatoms. The van der Waals surface area contributed by atoms with Crippen LogP contribution in [-0.4, -0.2) is 32.8 Å². The van der Waals surface area contributed by atoms with Crippen molar-refractivity contribution in [3.05, 3.63) is 23.8 Å². The molecule has 19 heavy (non-hydrogen) atoms. The van der Waals surface area contributed by atoms with Crippen LogP contribution in [0.4, 0.5) is 5.69 Å². The predicted molar refractivity (Wildman–Crippen MR) is 68.9 cm³/mol. The lowest BCUT2D eigenvalue weighted by Crippen LogP contribution is -2.09. The molecular formula is C13H17NO5. The molecule has 0 aliphatic heterocycles. The third-order valence-corrected chi connectivity index (χ3v) is 2.46. The molecular weight excluding hydrogens is 250 g/mol. The summed E-state index contributed by atoms with van der Waals surface area (Å²) in [6.07, 6.45) is 0.638. The Morgan fingerprint density at radius 2 is 2.00 bits per heavy atom. The number of carbonyl (C=O) groups excluding carboxylic acids is 2. The summed E-state index contributed by atoms with van der Waals surface area (Å²) in [5.41, 5.74) is 6.44. The molecule has 0 aliphatic carbocycles. The van der Waals surface area contributed by atoms with Crippen LogP contribution in [0, 0.1) is 0 Å². The first-order valence-corrected chi connectivity index (χ1v) is 5.76. The number of rotatable bonds is 6. The predicted octanol–water partition coefficient (Wildman–Crippen LogP) is 1.39. The topological polar surface area (TPSA) is 87.9 Å². The van der Waals surface area contributed by atoms with Crippen molar-refractivity contribution in [3.63, 3.8) is 0 Å². The van der Waals surface area contributed by atoms with Gasteiger partial charge in [0.15, 0.2) is 0 Å². The number of ether oxygens (including phenoxy) is 3. The first kappa shape index (κ1) is 14.8. The smallest absolute Gasteiger partial charge is 0.338 e. The Labute approximate surface area is 111 Å². The van der Waals surface area contributed by atoms with Gasteiger partial charge < -0.3 is 19.9 Å². The zero-order valence-electron chi connectivity index (χ0n) is 11.0. The van der Waals surface area contributed by atoms with Gasteiger partial charge in [-0.25, -0.2) is 4.79 Å². The van der Waals surface area contributed by atoms with Crippen molar-refractivity contribution >= 4 is 17.6 Å². The van der Waals surface area contributed by atoms with E-state index in [1.807, 2.05) is 0 Å². The van der Waals surface area contributed by atoms with Gasteiger partial charge in [0, 0.05) is 6.42 Å². The van der Waals surface area contributed by atoms with E-state index in [1.54, 1.807) is 12.1 Å². The second-order valence-corrected chi connectivity index (χ2v) is 3.77. The van der Waals surface area contributed by atoms with Gasteiger partial charge in [0.25, 0.3) is 0 Å². The van der Waals surface area contributed by atoms with Crippen LogP contribution in [0.1, 0.15) is 23.2 Å². The maximum Gasteiger partial charge on any atom is 0.338 e. The minimum Gasteiger partial charge on any atom is -0.495 e. The highest BCUT2D eigenvalue weighted by Crippen LogP contribution is 2.22. The number of hydrogen-bond donors (Lipinski definition) is 1. The summed E-state index contributed by atoms with van der Waals surface area (Å²) in [5.74, 6) is -0.391. The van der Waals surface area contributed by atoms with E-state index in [4.69, 9.17) is 15.2 Å². The Balaban J connectivity index is 2.47. The van der Waals surface area contributed by atoms with Crippen molar-refractivity contribution in [2.24, 2.45) is 0 Å². The number of anilines is 1. The van der Waals surface area contributed by atoms with Crippen molar-refractivity contribution in [2.75, 3.05) is 26.6 Å². The van der Waals surface area contributed by atoms with Gasteiger partial charge in [-0.15, -0.1) is 0 Å². The van der Waals surface area contributed by atoms with Crippen LogP contribution in [0.5, 0.6) is 5.75 Å². The Morgan fingerprint density at radius 1 is 1.26 bits per heavy atom. The van der Waals surface area contributed by atoms with E-state index in [1.165, 1.54) is 20.3 Å². The van der Waals surface area contributed by atoms with Gasteiger partial charge in [-0.2, -0.15) is 0 Å². The van der Waals surface area contributed by atoms with E-state index >= 15 is 0 Å². The molecule has 0 fully saturated rings. The van der Waals surface area contributed by atoms with E-state index in [9.17, 15) is 9.59 Å². The molecule has 0 saturated heterocycles. The Bertz CT molecular complexity index is 458. The largest absolute Gasteiger partial charge is 0.495 e. The molecule has 0 unspecified atom stereocenters. The van der Waals surface area contributed by atoms with Gasteiger partial charge in [-0.3, -0.25) is 4.79 Å². The molecule has 0 heterocycles. The molecule has 0 bridgehead atoms. The fourth-order valence-electron chi connectivity index (χ4n) is 1.40. The SMILES string of the molecule is COC(=O)CCCOC(=O)c1ccc(N)c(OC)c1. The Kier molecular flexibility index (Phi) is 5.66. The van der Waals surface area contributed by atoms with E-state index in [2.05, 4.69) is 4.74 Å². The second-order valence-electron chi connectivity index (χ2n) is 3.77. The normalized spacial score (nSPS) is 9.79. The summed E-state index contributed by atoms with van der Waals surface area (Å²) < 4.78 is 14.5. The van der Waals surface area contributed by atoms with Crippen LogP contribution in [-0.2, 0) is 14.3 Å². The molecule has 0 radical (unpaired) electrons. The summed E-state index contributed by atoms with van der Waals surface area (Å²) in [4.78, 5) is 22.6. The fraction of sp³-hybridized carbons (Fsp3) is 0.385. The molecule has 6 nitrogen and oxygen atoms in total. The van der Waals surface area contributed by atoms with E-state index in [0.717, 1.165) is 0 Å². The maximum absolute atomic E-state index is 11.7. The molecule has 0 aliphatic rings. The quantitative estimate of drug-likeness (QED) is 0.476. The van der Waals surface area contributed by atoms with Gasteiger partial charge in [0.05, 0.1) is 32.1 Å². The highest BCUT2D eigenvalue weighted by Gasteiger charge is 2.10. The lowest BCUT2D eigenvalue weighted by Gasteiger charge is -2.07. The molecule has 0 atom stereocenters. The van der Waals surface area contributed by atoms with Crippen molar-refractivity contribution in [3.8, 4) is 5.75 Å².